The Morgan fingerprint density at radius 1 is 1.06 bits per heavy atom. The van der Waals surface area contributed by atoms with Crippen LogP contribution in [-0.4, -0.2) is 68.7 Å². The Hall–Kier alpha value is -4.05. The molecule has 0 spiro atoms. The number of quaternary nitrogens is 1. The van der Waals surface area contributed by atoms with Gasteiger partial charge in [0.2, 0.25) is 5.78 Å². The summed E-state index contributed by atoms with van der Waals surface area (Å²) in [5.74, 6) is 0.446. The Bertz CT molecular complexity index is 1890. The van der Waals surface area contributed by atoms with Crippen LogP contribution in [0.3, 0.4) is 0 Å². The van der Waals surface area contributed by atoms with Crippen molar-refractivity contribution in [3.8, 4) is 11.5 Å². The van der Waals surface area contributed by atoms with Gasteiger partial charge in [-0.1, -0.05) is 61.0 Å². The smallest absolute Gasteiger partial charge is 0.322 e. The number of aromatic amines is 1. The molecule has 8 nitrogen and oxygen atoms in total. The van der Waals surface area contributed by atoms with E-state index in [-0.39, 0.29) is 28.7 Å². The zero-order chi connectivity index (χ0) is 34.1. The Labute approximate surface area is 303 Å². The van der Waals surface area contributed by atoms with Crippen LogP contribution in [0.5, 0.6) is 11.5 Å². The lowest BCUT2D eigenvalue weighted by Gasteiger charge is -2.44. The number of H-pyrrole nitrogens is 1. The number of rotatable bonds is 9. The number of fused-ring (bicyclic) bond motifs is 5. The number of anilines is 1. The molecule has 1 aromatic heterocycles. The number of halogens is 2. The third kappa shape index (κ3) is 6.89. The van der Waals surface area contributed by atoms with Crippen molar-refractivity contribution in [3.05, 3.63) is 106 Å². The summed E-state index contributed by atoms with van der Waals surface area (Å²) in [4.78, 5) is 32.1. The van der Waals surface area contributed by atoms with Crippen LogP contribution < -0.4 is 32.2 Å². The number of nitrogen functional groups attached to an aromatic ring is 1. The number of benzene rings is 3. The second-order valence-corrected chi connectivity index (χ2v) is 13.5. The van der Waals surface area contributed by atoms with Gasteiger partial charge in [-0.3, -0.25) is 9.59 Å². The molecule has 4 aromatic rings. The van der Waals surface area contributed by atoms with Crippen LogP contribution >= 0.6 is 11.6 Å². The van der Waals surface area contributed by atoms with Gasteiger partial charge in [-0.15, -0.1) is 0 Å². The highest BCUT2D eigenvalue weighted by Gasteiger charge is 2.54. The summed E-state index contributed by atoms with van der Waals surface area (Å²) in [5.41, 5.74) is 10.9. The number of hydrogen-bond donors (Lipinski definition) is 2. The molecule has 3 N–H and O–H groups in total. The maximum absolute atomic E-state index is 14.7. The molecule has 2 aliphatic rings. The molecule has 49 heavy (non-hydrogen) atoms. The van der Waals surface area contributed by atoms with Crippen LogP contribution in [-0.2, 0) is 26.2 Å². The summed E-state index contributed by atoms with van der Waals surface area (Å²) in [6, 6.07) is 19.0. The summed E-state index contributed by atoms with van der Waals surface area (Å²) in [5, 5.41) is 1.68. The lowest BCUT2D eigenvalue weighted by Crippen LogP contribution is -3.00. The third-order valence-corrected chi connectivity index (χ3v) is 10.3. The van der Waals surface area contributed by atoms with Crippen molar-refractivity contribution in [2.45, 2.75) is 31.6 Å². The van der Waals surface area contributed by atoms with E-state index in [1.807, 2.05) is 48.5 Å². The van der Waals surface area contributed by atoms with E-state index in [1.165, 1.54) is 12.7 Å². The Morgan fingerprint density at radius 3 is 2.41 bits per heavy atom. The SMILES string of the molecule is CCC1=C[C@@H]2C[C@](C(=O)OC)(c3c(OC)cc(N)cc3OC)c3[nH]c4ccccc4c3CC[N@@+](CC(=O)/C=C/c3ccc(Cl)cc3)(C1)C2.[Br-]. The Kier molecular flexibility index (Phi) is 11.0. The zero-order valence-corrected chi connectivity index (χ0v) is 30.7. The van der Waals surface area contributed by atoms with Gasteiger partial charge in [-0.05, 0) is 53.8 Å². The van der Waals surface area contributed by atoms with E-state index in [2.05, 4.69) is 24.1 Å². The lowest BCUT2D eigenvalue weighted by atomic mass is 9.68. The van der Waals surface area contributed by atoms with Crippen LogP contribution in [0.4, 0.5) is 5.69 Å². The van der Waals surface area contributed by atoms with Gasteiger partial charge in [-0.2, -0.15) is 0 Å². The fourth-order valence-electron chi connectivity index (χ4n) is 8.01. The van der Waals surface area contributed by atoms with Crippen molar-refractivity contribution in [1.29, 1.82) is 0 Å². The molecule has 3 atom stereocenters. The number of carbonyl (C=O) groups excluding carboxylic acids is 2. The molecule has 2 bridgehead atoms. The highest BCUT2D eigenvalue weighted by atomic mass is 79.9. The van der Waals surface area contributed by atoms with Crippen molar-refractivity contribution >= 4 is 46.0 Å². The number of ketones is 1. The number of nitrogens with zero attached hydrogens (tertiary/aromatic N) is 1. The van der Waals surface area contributed by atoms with E-state index in [4.69, 9.17) is 31.5 Å². The van der Waals surface area contributed by atoms with Crippen molar-refractivity contribution in [2.24, 2.45) is 5.92 Å². The zero-order valence-electron chi connectivity index (χ0n) is 28.4. The maximum Gasteiger partial charge on any atom is 0.322 e. The molecule has 0 fully saturated rings. The number of esters is 1. The minimum absolute atomic E-state index is 0. The molecule has 258 valence electrons. The summed E-state index contributed by atoms with van der Waals surface area (Å²) in [6.07, 6.45) is 7.70. The molecule has 6 rings (SSSR count). The maximum atomic E-state index is 14.7. The molecule has 0 aliphatic carbocycles. The van der Waals surface area contributed by atoms with Gasteiger partial charge in [0.05, 0.1) is 40.0 Å². The lowest BCUT2D eigenvalue weighted by molar-refractivity contribution is -0.920. The number of nitrogens with two attached hydrogens (primary N) is 1. The first kappa shape index (κ1) is 36.2. The van der Waals surface area contributed by atoms with Crippen LogP contribution in [0, 0.1) is 5.92 Å². The van der Waals surface area contributed by atoms with Crippen molar-refractivity contribution < 1.29 is 45.3 Å². The monoisotopic (exact) mass is 747 g/mol. The highest BCUT2D eigenvalue weighted by molar-refractivity contribution is 6.30. The molecule has 3 aromatic carbocycles. The molecule has 0 saturated heterocycles. The Balaban J connectivity index is 0.00000468. The number of carbonyl (C=O) groups is 2. The Morgan fingerprint density at radius 2 is 1.76 bits per heavy atom. The summed E-state index contributed by atoms with van der Waals surface area (Å²) >= 11 is 6.07. The molecule has 0 amide bonds. The number of hydrogen-bond acceptors (Lipinski definition) is 6. The average molecular weight is 749 g/mol. The summed E-state index contributed by atoms with van der Waals surface area (Å²) < 4.78 is 18.2. The fourth-order valence-corrected chi connectivity index (χ4v) is 8.14. The first-order valence-electron chi connectivity index (χ1n) is 16.4. The van der Waals surface area contributed by atoms with E-state index in [0.29, 0.717) is 58.2 Å². The largest absolute Gasteiger partial charge is 1.00 e. The predicted molar refractivity (Wildman–Crippen MR) is 190 cm³/mol. The van der Waals surface area contributed by atoms with E-state index in [0.717, 1.165) is 47.2 Å². The van der Waals surface area contributed by atoms with Gasteiger partial charge < -0.3 is 46.4 Å². The van der Waals surface area contributed by atoms with E-state index in [9.17, 15) is 9.59 Å². The molecule has 10 heteroatoms. The second kappa shape index (κ2) is 14.8. The van der Waals surface area contributed by atoms with E-state index >= 15 is 0 Å². The van der Waals surface area contributed by atoms with Crippen LogP contribution in [0.15, 0.2) is 78.4 Å². The predicted octanol–water partition coefficient (Wildman–Crippen LogP) is 3.90. The first-order chi connectivity index (χ1) is 23.1. The molecule has 0 unspecified atom stereocenters. The highest BCUT2D eigenvalue weighted by Crippen LogP contribution is 2.52. The summed E-state index contributed by atoms with van der Waals surface area (Å²) in [6.45, 7) is 4.67. The van der Waals surface area contributed by atoms with Crippen molar-refractivity contribution in [3.63, 3.8) is 0 Å². The molecule has 3 heterocycles. The average Bonchev–Trinajstić information content (AvgIpc) is 3.48. The number of nitrogens with one attached hydrogen (secondary N) is 1. The summed E-state index contributed by atoms with van der Waals surface area (Å²) in [7, 11) is 4.57. The first-order valence-corrected chi connectivity index (χ1v) is 16.7. The number of ether oxygens (including phenoxy) is 3. The quantitative estimate of drug-likeness (QED) is 0.0886. The molecular weight excluding hydrogens is 706 g/mol. The number of para-hydroxylation sites is 1. The molecule has 2 aliphatic heterocycles. The topological polar surface area (TPSA) is 104 Å². The van der Waals surface area contributed by atoms with Gasteiger partial charge in [0, 0.05) is 51.8 Å². The van der Waals surface area contributed by atoms with E-state index in [1.54, 1.807) is 32.4 Å². The van der Waals surface area contributed by atoms with Gasteiger partial charge in [0.25, 0.3) is 0 Å². The van der Waals surface area contributed by atoms with Crippen LogP contribution in [0.2, 0.25) is 5.02 Å². The van der Waals surface area contributed by atoms with Crippen LogP contribution in [0.1, 0.15) is 42.1 Å². The van der Waals surface area contributed by atoms with Gasteiger partial charge in [0.15, 0.2) is 0 Å². The van der Waals surface area contributed by atoms with Crippen molar-refractivity contribution in [2.75, 3.05) is 53.2 Å². The van der Waals surface area contributed by atoms with Gasteiger partial charge in [-0.25, -0.2) is 0 Å². The number of aromatic nitrogens is 1. The molecular formula is C39H43BrClN3O5. The fraction of sp³-hybridized carbons (Fsp3) is 0.333. The normalized spacial score (nSPS) is 21.8. The van der Waals surface area contributed by atoms with E-state index < -0.39 is 11.4 Å². The third-order valence-electron chi connectivity index (χ3n) is 10.0. The minimum Gasteiger partial charge on any atom is -1.00 e. The van der Waals surface area contributed by atoms with Gasteiger partial charge >= 0.3 is 5.97 Å². The van der Waals surface area contributed by atoms with Crippen LogP contribution in [0.25, 0.3) is 17.0 Å². The standard InChI is InChI=1S/C39H43ClN3O5.BrH/c1-5-25-18-27-21-39(38(45)48-4,36-34(46-2)19-29(41)20-35(36)47-3)37-32(31-8-6-7-9-33(31)42-37)16-17-43(22-25,23-27)24-30(44)15-12-26-10-13-28(40)14-11-26;/h6-15,18-20,27,42H,5,16-17,21-24,41H2,1-4H3;1H/q+1;/p-1/b15-12+;/t27-,39+,43-;/m1./s1. The number of methoxy groups -OCH3 is 3. The second-order valence-electron chi connectivity index (χ2n) is 13.0. The van der Waals surface area contributed by atoms with Gasteiger partial charge in [0.1, 0.15) is 30.0 Å². The van der Waals surface area contributed by atoms with Crippen molar-refractivity contribution in [1.82, 2.24) is 4.98 Å². The minimum atomic E-state index is -1.34. The molecule has 0 saturated carbocycles. The molecule has 0 radical (unpaired) electrons.